The minimum Gasteiger partial charge on any atom is -0.347 e. The summed E-state index contributed by atoms with van der Waals surface area (Å²) in [7, 11) is 1.74. The molecule has 0 unspecified atom stereocenters. The van der Waals surface area contributed by atoms with Gasteiger partial charge in [-0.05, 0) is 23.8 Å². The van der Waals surface area contributed by atoms with E-state index in [4.69, 9.17) is 0 Å². The number of H-pyrrole nitrogens is 1. The number of aromatic amines is 1. The third-order valence-corrected chi connectivity index (χ3v) is 5.48. The molecule has 3 heterocycles. The van der Waals surface area contributed by atoms with Crippen LogP contribution in [0.2, 0.25) is 0 Å². The SMILES string of the molecule is Cn1ncc2c(N(Cc3ccccc3F)Cc3cc(=O)[nH]c4c(F)c(F)ccc34)ncnc21. The number of benzene rings is 2. The van der Waals surface area contributed by atoms with Gasteiger partial charge < -0.3 is 9.88 Å². The molecule has 7 nitrogen and oxygen atoms in total. The van der Waals surface area contributed by atoms with Crippen LogP contribution in [0.15, 0.2) is 59.8 Å². The number of nitrogens with zero attached hydrogens (tertiary/aromatic N) is 5. The number of halogens is 3. The Labute approximate surface area is 185 Å². The summed E-state index contributed by atoms with van der Waals surface area (Å²) in [5, 5.41) is 5.19. The number of nitrogens with one attached hydrogen (secondary N) is 1. The van der Waals surface area contributed by atoms with Crippen molar-refractivity contribution in [2.45, 2.75) is 13.1 Å². The lowest BCUT2D eigenvalue weighted by molar-refractivity contribution is 0.515. The fraction of sp³-hybridized carbons (Fsp3) is 0.130. The van der Waals surface area contributed by atoms with Crippen molar-refractivity contribution in [3.63, 3.8) is 0 Å². The lowest BCUT2D eigenvalue weighted by Gasteiger charge is -2.25. The smallest absolute Gasteiger partial charge is 0.248 e. The summed E-state index contributed by atoms with van der Waals surface area (Å²) < 4.78 is 44.3. The normalized spacial score (nSPS) is 11.4. The van der Waals surface area contributed by atoms with Crippen LogP contribution in [-0.4, -0.2) is 24.7 Å². The third kappa shape index (κ3) is 3.69. The van der Waals surface area contributed by atoms with E-state index in [1.807, 2.05) is 0 Å². The standard InChI is InChI=1S/C23H17F3N6O/c1-31-22-16(9-29-31)23(28-12-27-22)32(10-13-4-2-3-5-17(13)24)11-14-8-19(33)30-21-15(14)6-7-18(25)20(21)26/h2-9,12H,10-11H2,1H3,(H,30,33). The molecule has 0 aliphatic carbocycles. The number of hydrogen-bond acceptors (Lipinski definition) is 5. The molecule has 0 amide bonds. The largest absolute Gasteiger partial charge is 0.347 e. The van der Waals surface area contributed by atoms with Gasteiger partial charge in [0.15, 0.2) is 17.3 Å². The first-order chi connectivity index (χ1) is 15.9. The first-order valence-electron chi connectivity index (χ1n) is 10.0. The van der Waals surface area contributed by atoms with Gasteiger partial charge in [0, 0.05) is 37.2 Å². The van der Waals surface area contributed by atoms with E-state index in [-0.39, 0.29) is 18.6 Å². The second kappa shape index (κ2) is 8.05. The number of hydrogen-bond donors (Lipinski definition) is 1. The van der Waals surface area contributed by atoms with Crippen molar-refractivity contribution < 1.29 is 13.2 Å². The van der Waals surface area contributed by atoms with Gasteiger partial charge in [0.1, 0.15) is 18.0 Å². The van der Waals surface area contributed by atoms with E-state index in [0.29, 0.717) is 33.4 Å². The molecule has 5 aromatic rings. The Morgan fingerprint density at radius 1 is 0.970 bits per heavy atom. The predicted octanol–water partition coefficient (Wildman–Crippen LogP) is 3.83. The molecule has 166 valence electrons. The van der Waals surface area contributed by atoms with E-state index in [1.165, 1.54) is 24.5 Å². The molecule has 3 aromatic heterocycles. The van der Waals surface area contributed by atoms with Crippen LogP contribution in [0.5, 0.6) is 0 Å². The van der Waals surface area contributed by atoms with Crippen LogP contribution < -0.4 is 10.5 Å². The van der Waals surface area contributed by atoms with E-state index in [9.17, 15) is 18.0 Å². The molecule has 0 saturated carbocycles. The molecule has 0 saturated heterocycles. The zero-order valence-corrected chi connectivity index (χ0v) is 17.4. The fourth-order valence-electron chi connectivity index (χ4n) is 3.91. The second-order valence-electron chi connectivity index (χ2n) is 7.59. The fourth-order valence-corrected chi connectivity index (χ4v) is 3.91. The van der Waals surface area contributed by atoms with Crippen LogP contribution in [-0.2, 0) is 20.1 Å². The van der Waals surface area contributed by atoms with E-state index < -0.39 is 23.0 Å². The molecule has 0 fully saturated rings. The van der Waals surface area contributed by atoms with Crippen molar-refractivity contribution in [2.75, 3.05) is 4.90 Å². The van der Waals surface area contributed by atoms with Gasteiger partial charge in [-0.25, -0.2) is 23.1 Å². The molecular weight excluding hydrogens is 433 g/mol. The zero-order valence-electron chi connectivity index (χ0n) is 17.4. The van der Waals surface area contributed by atoms with Crippen LogP contribution in [0.1, 0.15) is 11.1 Å². The summed E-state index contributed by atoms with van der Waals surface area (Å²) in [4.78, 5) is 25.0. The highest BCUT2D eigenvalue weighted by Gasteiger charge is 2.20. The summed E-state index contributed by atoms with van der Waals surface area (Å²) in [6.07, 6.45) is 2.97. The summed E-state index contributed by atoms with van der Waals surface area (Å²) >= 11 is 0. The van der Waals surface area contributed by atoms with Crippen molar-refractivity contribution in [1.29, 1.82) is 0 Å². The maximum atomic E-state index is 14.5. The van der Waals surface area contributed by atoms with E-state index in [1.54, 1.807) is 41.0 Å². The van der Waals surface area contributed by atoms with Crippen molar-refractivity contribution in [1.82, 2.24) is 24.7 Å². The predicted molar refractivity (Wildman–Crippen MR) is 117 cm³/mol. The Bertz CT molecular complexity index is 1560. The molecule has 0 bridgehead atoms. The Balaban J connectivity index is 1.68. The molecule has 2 aromatic carbocycles. The van der Waals surface area contributed by atoms with Gasteiger partial charge >= 0.3 is 0 Å². The van der Waals surface area contributed by atoms with Crippen LogP contribution in [0.3, 0.4) is 0 Å². The van der Waals surface area contributed by atoms with Crippen LogP contribution in [0, 0.1) is 17.5 Å². The third-order valence-electron chi connectivity index (χ3n) is 5.48. The molecule has 1 N–H and O–H groups in total. The highest BCUT2D eigenvalue weighted by atomic mass is 19.2. The first kappa shape index (κ1) is 20.7. The molecule has 0 aliphatic rings. The van der Waals surface area contributed by atoms with Gasteiger partial charge in [0.25, 0.3) is 0 Å². The molecule has 0 spiro atoms. The lowest BCUT2D eigenvalue weighted by atomic mass is 10.1. The number of aryl methyl sites for hydroxylation is 1. The van der Waals surface area contributed by atoms with E-state index >= 15 is 0 Å². The van der Waals surface area contributed by atoms with Crippen molar-refractivity contribution in [3.8, 4) is 0 Å². The number of aromatic nitrogens is 5. The highest BCUT2D eigenvalue weighted by molar-refractivity contribution is 5.87. The van der Waals surface area contributed by atoms with Gasteiger partial charge in [-0.1, -0.05) is 18.2 Å². The average molecular weight is 450 g/mol. The molecule has 0 aliphatic heterocycles. The Kier molecular flexibility index (Phi) is 5.04. The highest BCUT2D eigenvalue weighted by Crippen LogP contribution is 2.28. The molecule has 5 rings (SSSR count). The summed E-state index contributed by atoms with van der Waals surface area (Å²) in [5.41, 5.74) is 0.598. The topological polar surface area (TPSA) is 79.7 Å². The van der Waals surface area contributed by atoms with E-state index in [0.717, 1.165) is 6.07 Å². The maximum Gasteiger partial charge on any atom is 0.248 e. The monoisotopic (exact) mass is 450 g/mol. The zero-order chi connectivity index (χ0) is 23.1. The first-order valence-corrected chi connectivity index (χ1v) is 10.0. The molecule has 0 radical (unpaired) electrons. The van der Waals surface area contributed by atoms with Crippen LogP contribution in [0.25, 0.3) is 21.9 Å². The van der Waals surface area contributed by atoms with Crippen molar-refractivity contribution in [3.05, 3.63) is 93.9 Å². The molecule has 0 atom stereocenters. The number of anilines is 1. The Hall–Kier alpha value is -4.21. The minimum absolute atomic E-state index is 0.0703. The summed E-state index contributed by atoms with van der Waals surface area (Å²) in [5.74, 6) is -2.13. The van der Waals surface area contributed by atoms with Gasteiger partial charge in [-0.3, -0.25) is 9.48 Å². The average Bonchev–Trinajstić information content (AvgIpc) is 3.18. The Morgan fingerprint density at radius 3 is 2.58 bits per heavy atom. The number of pyridine rings is 1. The summed E-state index contributed by atoms with van der Waals surface area (Å²) in [6.45, 7) is 0.173. The van der Waals surface area contributed by atoms with Gasteiger partial charge in [0.2, 0.25) is 5.56 Å². The number of fused-ring (bicyclic) bond motifs is 2. The molecule has 10 heteroatoms. The minimum atomic E-state index is -1.14. The van der Waals surface area contributed by atoms with Gasteiger partial charge in [-0.15, -0.1) is 0 Å². The second-order valence-corrected chi connectivity index (χ2v) is 7.59. The van der Waals surface area contributed by atoms with Gasteiger partial charge in [0.05, 0.1) is 17.1 Å². The Morgan fingerprint density at radius 2 is 1.76 bits per heavy atom. The van der Waals surface area contributed by atoms with Crippen molar-refractivity contribution >= 4 is 27.8 Å². The molecule has 33 heavy (non-hydrogen) atoms. The summed E-state index contributed by atoms with van der Waals surface area (Å²) in [6, 6.07) is 10.0. The van der Waals surface area contributed by atoms with Crippen molar-refractivity contribution in [2.24, 2.45) is 7.05 Å². The number of rotatable bonds is 5. The maximum absolute atomic E-state index is 14.5. The van der Waals surface area contributed by atoms with Crippen LogP contribution in [0.4, 0.5) is 19.0 Å². The van der Waals surface area contributed by atoms with Crippen LogP contribution >= 0.6 is 0 Å². The lowest BCUT2D eigenvalue weighted by Crippen LogP contribution is -2.25. The van der Waals surface area contributed by atoms with Gasteiger partial charge in [-0.2, -0.15) is 5.10 Å². The molecular formula is C23H17F3N6O. The quantitative estimate of drug-likeness (QED) is 0.440. The van der Waals surface area contributed by atoms with E-state index in [2.05, 4.69) is 20.1 Å².